The number of thioether (sulfide) groups is 1. The Morgan fingerprint density at radius 1 is 1.38 bits per heavy atom. The van der Waals surface area contributed by atoms with Crippen molar-refractivity contribution in [3.8, 4) is 0 Å². The van der Waals surface area contributed by atoms with Gasteiger partial charge >= 0.3 is 12.0 Å². The van der Waals surface area contributed by atoms with Gasteiger partial charge in [-0.05, 0) is 24.6 Å². The van der Waals surface area contributed by atoms with E-state index in [1.165, 1.54) is 12.1 Å². The molecular formula is C18H22FN3O3S. The van der Waals surface area contributed by atoms with Crippen molar-refractivity contribution in [3.05, 3.63) is 46.9 Å². The fraction of sp³-hybridized carbons (Fsp3) is 0.444. The second-order valence-electron chi connectivity index (χ2n) is 6.09. The average molecular weight is 379 g/mol. The molecule has 1 atom stereocenters. The van der Waals surface area contributed by atoms with Crippen molar-refractivity contribution in [2.45, 2.75) is 13.0 Å². The zero-order valence-corrected chi connectivity index (χ0v) is 15.4. The minimum atomic E-state index is -0.743. The van der Waals surface area contributed by atoms with Gasteiger partial charge in [0.05, 0.1) is 18.2 Å². The van der Waals surface area contributed by atoms with Gasteiger partial charge in [0, 0.05) is 36.8 Å². The molecule has 2 aliphatic rings. The summed E-state index contributed by atoms with van der Waals surface area (Å²) in [5, 5.41) is 5.47. The van der Waals surface area contributed by atoms with E-state index in [0.29, 0.717) is 23.4 Å². The van der Waals surface area contributed by atoms with Crippen LogP contribution in [-0.2, 0) is 9.53 Å². The van der Waals surface area contributed by atoms with Crippen LogP contribution in [0.1, 0.15) is 18.5 Å². The molecule has 26 heavy (non-hydrogen) atoms. The second kappa shape index (κ2) is 8.55. The van der Waals surface area contributed by atoms with Gasteiger partial charge in [0.2, 0.25) is 0 Å². The molecule has 1 fully saturated rings. The van der Waals surface area contributed by atoms with Gasteiger partial charge in [0.1, 0.15) is 5.82 Å². The van der Waals surface area contributed by atoms with E-state index in [0.717, 1.165) is 24.6 Å². The number of rotatable bonds is 5. The third-order valence-electron chi connectivity index (χ3n) is 4.32. The van der Waals surface area contributed by atoms with E-state index in [-0.39, 0.29) is 6.61 Å². The molecule has 1 saturated heterocycles. The van der Waals surface area contributed by atoms with Gasteiger partial charge in [0.15, 0.2) is 0 Å². The molecule has 2 amide bonds. The van der Waals surface area contributed by atoms with E-state index in [4.69, 9.17) is 4.74 Å². The molecule has 1 aromatic carbocycles. The van der Waals surface area contributed by atoms with Crippen LogP contribution in [0.25, 0.3) is 0 Å². The van der Waals surface area contributed by atoms with Gasteiger partial charge in [-0.25, -0.2) is 14.0 Å². The molecule has 0 spiro atoms. The molecule has 140 valence electrons. The predicted octanol–water partition coefficient (Wildman–Crippen LogP) is 2.05. The number of esters is 1. The third-order valence-corrected chi connectivity index (χ3v) is 5.26. The highest BCUT2D eigenvalue weighted by Crippen LogP contribution is 2.29. The lowest BCUT2D eigenvalue weighted by Crippen LogP contribution is -2.49. The van der Waals surface area contributed by atoms with E-state index < -0.39 is 23.9 Å². The maximum Gasteiger partial charge on any atom is 0.338 e. The SMILES string of the molecule is CCOC(=O)C1=C(CN2CCSCC2)NC(=O)NC1c1cccc(F)c1. The zero-order chi connectivity index (χ0) is 18.5. The summed E-state index contributed by atoms with van der Waals surface area (Å²) in [5.74, 6) is 1.10. The second-order valence-corrected chi connectivity index (χ2v) is 7.31. The summed E-state index contributed by atoms with van der Waals surface area (Å²) >= 11 is 1.88. The fourth-order valence-electron chi connectivity index (χ4n) is 3.11. The summed E-state index contributed by atoms with van der Waals surface area (Å²) in [6, 6.07) is 4.75. The Morgan fingerprint density at radius 2 is 2.15 bits per heavy atom. The number of hydrogen-bond donors (Lipinski definition) is 2. The molecule has 2 heterocycles. The molecule has 0 radical (unpaired) electrons. The van der Waals surface area contributed by atoms with Gasteiger partial charge in [-0.15, -0.1) is 0 Å². The molecule has 0 aromatic heterocycles. The monoisotopic (exact) mass is 379 g/mol. The Kier molecular flexibility index (Phi) is 6.16. The molecule has 1 aromatic rings. The molecule has 0 bridgehead atoms. The largest absolute Gasteiger partial charge is 0.463 e. The van der Waals surface area contributed by atoms with Crippen molar-refractivity contribution in [2.24, 2.45) is 0 Å². The first-order valence-corrected chi connectivity index (χ1v) is 9.77. The summed E-state index contributed by atoms with van der Waals surface area (Å²) < 4.78 is 18.9. The van der Waals surface area contributed by atoms with Crippen LogP contribution in [-0.4, -0.2) is 54.6 Å². The Balaban J connectivity index is 1.98. The van der Waals surface area contributed by atoms with Crippen molar-refractivity contribution >= 4 is 23.8 Å². The highest BCUT2D eigenvalue weighted by molar-refractivity contribution is 7.99. The average Bonchev–Trinajstić information content (AvgIpc) is 2.62. The van der Waals surface area contributed by atoms with Crippen LogP contribution in [0.5, 0.6) is 0 Å². The smallest absolute Gasteiger partial charge is 0.338 e. The summed E-state index contributed by atoms with van der Waals surface area (Å²) in [7, 11) is 0. The van der Waals surface area contributed by atoms with Crippen molar-refractivity contribution in [2.75, 3.05) is 37.7 Å². The van der Waals surface area contributed by atoms with E-state index in [1.54, 1.807) is 19.1 Å². The molecule has 2 aliphatic heterocycles. The predicted molar refractivity (Wildman–Crippen MR) is 98.2 cm³/mol. The fourth-order valence-corrected chi connectivity index (χ4v) is 4.09. The zero-order valence-electron chi connectivity index (χ0n) is 14.6. The number of nitrogens with zero attached hydrogens (tertiary/aromatic N) is 1. The topological polar surface area (TPSA) is 70.7 Å². The van der Waals surface area contributed by atoms with Gasteiger partial charge in [-0.3, -0.25) is 4.90 Å². The molecule has 6 nitrogen and oxygen atoms in total. The number of halogens is 1. The first kappa shape index (κ1) is 18.7. The van der Waals surface area contributed by atoms with Gasteiger partial charge in [0.25, 0.3) is 0 Å². The first-order chi connectivity index (χ1) is 12.6. The number of urea groups is 1. The van der Waals surface area contributed by atoms with Crippen LogP contribution in [0.2, 0.25) is 0 Å². The lowest BCUT2D eigenvalue weighted by atomic mass is 9.95. The number of nitrogens with one attached hydrogen (secondary N) is 2. The molecule has 1 unspecified atom stereocenters. The minimum Gasteiger partial charge on any atom is -0.463 e. The van der Waals surface area contributed by atoms with Crippen LogP contribution < -0.4 is 10.6 Å². The lowest BCUT2D eigenvalue weighted by molar-refractivity contribution is -0.139. The summed E-state index contributed by atoms with van der Waals surface area (Å²) in [6.45, 7) is 4.18. The highest BCUT2D eigenvalue weighted by Gasteiger charge is 2.34. The van der Waals surface area contributed by atoms with E-state index in [2.05, 4.69) is 15.5 Å². The van der Waals surface area contributed by atoms with Crippen molar-refractivity contribution in [1.82, 2.24) is 15.5 Å². The molecule has 8 heteroatoms. The number of amides is 2. The van der Waals surface area contributed by atoms with Gasteiger partial charge in [-0.2, -0.15) is 11.8 Å². The van der Waals surface area contributed by atoms with E-state index in [9.17, 15) is 14.0 Å². The Labute approximate surface area is 156 Å². The lowest BCUT2D eigenvalue weighted by Gasteiger charge is -2.33. The number of ether oxygens (including phenoxy) is 1. The van der Waals surface area contributed by atoms with Crippen molar-refractivity contribution in [1.29, 1.82) is 0 Å². The minimum absolute atomic E-state index is 0.222. The van der Waals surface area contributed by atoms with Gasteiger partial charge in [-0.1, -0.05) is 12.1 Å². The third kappa shape index (κ3) is 4.37. The van der Waals surface area contributed by atoms with Crippen molar-refractivity contribution in [3.63, 3.8) is 0 Å². The number of carbonyl (C=O) groups is 2. The molecule has 0 saturated carbocycles. The maximum atomic E-state index is 13.7. The molecule has 2 N–H and O–H groups in total. The first-order valence-electron chi connectivity index (χ1n) is 8.61. The van der Waals surface area contributed by atoms with Crippen molar-refractivity contribution < 1.29 is 18.7 Å². The number of carbonyl (C=O) groups excluding carboxylic acids is 2. The molecule has 3 rings (SSSR count). The summed E-state index contributed by atoms with van der Waals surface area (Å²) in [4.78, 5) is 27.0. The summed E-state index contributed by atoms with van der Waals surface area (Å²) in [6.07, 6.45) is 0. The Bertz CT molecular complexity index is 719. The Morgan fingerprint density at radius 3 is 2.85 bits per heavy atom. The standard InChI is InChI=1S/C18H22FN3O3S/c1-2-25-17(23)15-14(11-22-6-8-26-9-7-22)20-18(24)21-16(15)12-4-3-5-13(19)10-12/h3-5,10,16H,2,6-9,11H2,1H3,(H2,20,21,24). The van der Waals surface area contributed by atoms with Crippen LogP contribution >= 0.6 is 11.8 Å². The van der Waals surface area contributed by atoms with Crippen LogP contribution in [0.4, 0.5) is 9.18 Å². The van der Waals surface area contributed by atoms with E-state index in [1.807, 2.05) is 11.8 Å². The normalized spacial score (nSPS) is 21.2. The number of benzene rings is 1. The Hall–Kier alpha value is -2.06. The van der Waals surface area contributed by atoms with Crippen LogP contribution in [0.3, 0.4) is 0 Å². The van der Waals surface area contributed by atoms with E-state index >= 15 is 0 Å². The highest BCUT2D eigenvalue weighted by atomic mass is 32.2. The van der Waals surface area contributed by atoms with Gasteiger partial charge < -0.3 is 15.4 Å². The molecule has 0 aliphatic carbocycles. The quantitative estimate of drug-likeness (QED) is 0.767. The van der Waals surface area contributed by atoms with Crippen LogP contribution in [0, 0.1) is 5.82 Å². The maximum absolute atomic E-state index is 13.7. The summed E-state index contributed by atoms with van der Waals surface area (Å²) in [5.41, 5.74) is 1.36. The number of hydrogen-bond acceptors (Lipinski definition) is 5. The molecular weight excluding hydrogens is 357 g/mol. The van der Waals surface area contributed by atoms with Crippen LogP contribution in [0.15, 0.2) is 35.5 Å².